The molecule has 1 saturated heterocycles. The van der Waals surface area contributed by atoms with Crippen molar-refractivity contribution in [3.05, 3.63) is 24.3 Å². The number of likely N-dealkylation sites (tertiary alicyclic amines) is 1. The van der Waals surface area contributed by atoms with Gasteiger partial charge in [-0.3, -0.25) is 4.79 Å². The Hall–Kier alpha value is -1.35. The number of hydrogen-bond acceptors (Lipinski definition) is 5. The van der Waals surface area contributed by atoms with Crippen LogP contribution in [0.4, 0.5) is 0 Å². The Kier molecular flexibility index (Phi) is 9.52. The van der Waals surface area contributed by atoms with E-state index in [0.29, 0.717) is 18.9 Å². The lowest BCUT2D eigenvalue weighted by Crippen LogP contribution is -2.52. The van der Waals surface area contributed by atoms with Crippen molar-refractivity contribution in [3.8, 4) is 5.75 Å². The van der Waals surface area contributed by atoms with Crippen LogP contribution >= 0.6 is 12.4 Å². The molecular weight excluding hydrogens is 390 g/mol. The Morgan fingerprint density at radius 2 is 2.00 bits per heavy atom. The Labute approximate surface area is 168 Å². The first-order valence-electron chi connectivity index (χ1n) is 9.12. The van der Waals surface area contributed by atoms with Crippen molar-refractivity contribution in [1.82, 2.24) is 9.62 Å². The highest BCUT2D eigenvalue weighted by Gasteiger charge is 2.29. The summed E-state index contributed by atoms with van der Waals surface area (Å²) in [4.78, 5) is 14.4. The van der Waals surface area contributed by atoms with Gasteiger partial charge in [0.05, 0.1) is 11.5 Å². The molecule has 154 valence electrons. The molecule has 1 aromatic carbocycles. The second kappa shape index (κ2) is 10.8. The van der Waals surface area contributed by atoms with Crippen molar-refractivity contribution in [2.75, 3.05) is 19.7 Å². The van der Waals surface area contributed by atoms with E-state index < -0.39 is 10.0 Å². The average Bonchev–Trinajstić information content (AvgIpc) is 2.62. The lowest BCUT2D eigenvalue weighted by Gasteiger charge is -2.38. The Bertz CT molecular complexity index is 695. The van der Waals surface area contributed by atoms with Crippen LogP contribution < -0.4 is 15.2 Å². The minimum Gasteiger partial charge on any atom is -0.494 e. The van der Waals surface area contributed by atoms with Crippen LogP contribution in [0.1, 0.15) is 39.5 Å². The van der Waals surface area contributed by atoms with Gasteiger partial charge in [-0.1, -0.05) is 0 Å². The van der Waals surface area contributed by atoms with Crippen LogP contribution in [0, 0.1) is 0 Å². The molecule has 0 aromatic heterocycles. The summed E-state index contributed by atoms with van der Waals surface area (Å²) in [6, 6.07) is 6.17. The largest absolute Gasteiger partial charge is 0.494 e. The highest BCUT2D eigenvalue weighted by Crippen LogP contribution is 2.20. The van der Waals surface area contributed by atoms with Gasteiger partial charge in [0.25, 0.3) is 0 Å². The SMILES string of the molecule is CCOc1ccc(S(=O)(=O)NCCC(=O)N2CCCCC2C(C)N)cc1.Cl. The number of nitrogens with one attached hydrogen (secondary N) is 1. The molecule has 27 heavy (non-hydrogen) atoms. The first-order valence-corrected chi connectivity index (χ1v) is 10.6. The number of carbonyl (C=O) groups excluding carboxylic acids is 1. The minimum absolute atomic E-state index is 0. The molecule has 1 amide bonds. The number of benzene rings is 1. The zero-order chi connectivity index (χ0) is 19.2. The molecule has 7 nitrogen and oxygen atoms in total. The van der Waals surface area contributed by atoms with E-state index in [4.69, 9.17) is 10.5 Å². The molecule has 2 rings (SSSR count). The van der Waals surface area contributed by atoms with Crippen LogP contribution in [0.2, 0.25) is 0 Å². The van der Waals surface area contributed by atoms with Gasteiger partial charge in [0, 0.05) is 31.6 Å². The summed E-state index contributed by atoms with van der Waals surface area (Å²) in [5.41, 5.74) is 5.99. The first kappa shape index (κ1) is 23.7. The van der Waals surface area contributed by atoms with Gasteiger partial charge in [0.2, 0.25) is 15.9 Å². The molecule has 0 spiro atoms. The fraction of sp³-hybridized carbons (Fsp3) is 0.611. The second-order valence-electron chi connectivity index (χ2n) is 6.56. The van der Waals surface area contributed by atoms with Crippen molar-refractivity contribution in [2.45, 2.75) is 56.5 Å². The van der Waals surface area contributed by atoms with Gasteiger partial charge >= 0.3 is 0 Å². The van der Waals surface area contributed by atoms with E-state index in [1.54, 1.807) is 17.0 Å². The quantitative estimate of drug-likeness (QED) is 0.670. The first-order chi connectivity index (χ1) is 12.3. The zero-order valence-electron chi connectivity index (χ0n) is 15.9. The molecular formula is C18H30ClN3O4S. The highest BCUT2D eigenvalue weighted by molar-refractivity contribution is 7.89. The third-order valence-corrected chi connectivity index (χ3v) is 6.03. The van der Waals surface area contributed by atoms with Gasteiger partial charge in [-0.25, -0.2) is 13.1 Å². The Morgan fingerprint density at radius 3 is 2.59 bits per heavy atom. The van der Waals surface area contributed by atoms with Crippen molar-refractivity contribution in [1.29, 1.82) is 0 Å². The molecule has 1 heterocycles. The molecule has 2 unspecified atom stereocenters. The molecule has 1 aliphatic rings. The summed E-state index contributed by atoms with van der Waals surface area (Å²) in [5.74, 6) is 0.565. The van der Waals surface area contributed by atoms with Gasteiger partial charge in [-0.15, -0.1) is 12.4 Å². The summed E-state index contributed by atoms with van der Waals surface area (Å²) in [6.07, 6.45) is 3.06. The normalized spacial score (nSPS) is 18.5. The monoisotopic (exact) mass is 419 g/mol. The number of sulfonamides is 1. The summed E-state index contributed by atoms with van der Waals surface area (Å²) >= 11 is 0. The molecule has 9 heteroatoms. The van der Waals surface area contributed by atoms with Crippen molar-refractivity contribution >= 4 is 28.3 Å². The minimum atomic E-state index is -3.65. The van der Waals surface area contributed by atoms with E-state index in [-0.39, 0.29) is 48.3 Å². The molecule has 0 radical (unpaired) electrons. The average molecular weight is 420 g/mol. The summed E-state index contributed by atoms with van der Waals surface area (Å²) < 4.78 is 32.5. The number of piperidine rings is 1. The van der Waals surface area contributed by atoms with Crippen LogP contribution in [0.25, 0.3) is 0 Å². The van der Waals surface area contributed by atoms with E-state index in [1.807, 2.05) is 13.8 Å². The Morgan fingerprint density at radius 1 is 1.33 bits per heavy atom. The van der Waals surface area contributed by atoms with Crippen LogP contribution in [-0.4, -0.2) is 51.0 Å². The summed E-state index contributed by atoms with van der Waals surface area (Å²) in [7, 11) is -3.65. The summed E-state index contributed by atoms with van der Waals surface area (Å²) in [5, 5.41) is 0. The lowest BCUT2D eigenvalue weighted by atomic mass is 9.96. The summed E-state index contributed by atoms with van der Waals surface area (Å²) in [6.45, 7) is 5.05. The van der Waals surface area contributed by atoms with Gasteiger partial charge in [-0.2, -0.15) is 0 Å². The standard InChI is InChI=1S/C18H29N3O4S.ClH/c1-3-25-15-7-9-16(10-8-15)26(23,24)20-12-11-18(22)21-13-5-4-6-17(21)14(2)19;/h7-10,14,17,20H,3-6,11-13,19H2,1-2H3;1H. The number of halogens is 1. The fourth-order valence-corrected chi connectivity index (χ4v) is 4.25. The smallest absolute Gasteiger partial charge is 0.240 e. The van der Waals surface area contributed by atoms with Gasteiger partial charge in [0.15, 0.2) is 0 Å². The molecule has 1 aromatic rings. The third-order valence-electron chi connectivity index (χ3n) is 4.55. The zero-order valence-corrected chi connectivity index (χ0v) is 17.5. The second-order valence-corrected chi connectivity index (χ2v) is 8.33. The maximum Gasteiger partial charge on any atom is 0.240 e. The topological polar surface area (TPSA) is 102 Å². The number of nitrogens with two attached hydrogens (primary N) is 1. The number of amides is 1. The van der Waals surface area contributed by atoms with E-state index in [9.17, 15) is 13.2 Å². The fourth-order valence-electron chi connectivity index (χ4n) is 3.21. The highest BCUT2D eigenvalue weighted by atomic mass is 35.5. The number of rotatable bonds is 8. The van der Waals surface area contributed by atoms with E-state index in [2.05, 4.69) is 4.72 Å². The van der Waals surface area contributed by atoms with Gasteiger partial charge < -0.3 is 15.4 Å². The lowest BCUT2D eigenvalue weighted by molar-refractivity contribution is -0.135. The predicted octanol–water partition coefficient (Wildman–Crippen LogP) is 1.90. The van der Waals surface area contributed by atoms with E-state index in [1.165, 1.54) is 12.1 Å². The van der Waals surface area contributed by atoms with Crippen LogP contribution in [0.15, 0.2) is 29.2 Å². The van der Waals surface area contributed by atoms with Crippen molar-refractivity contribution < 1.29 is 17.9 Å². The van der Waals surface area contributed by atoms with Crippen molar-refractivity contribution in [3.63, 3.8) is 0 Å². The van der Waals surface area contributed by atoms with Crippen LogP contribution in [-0.2, 0) is 14.8 Å². The van der Waals surface area contributed by atoms with Gasteiger partial charge in [-0.05, 0) is 57.4 Å². The molecule has 0 saturated carbocycles. The van der Waals surface area contributed by atoms with Crippen LogP contribution in [0.5, 0.6) is 5.75 Å². The number of ether oxygens (including phenoxy) is 1. The number of carbonyl (C=O) groups is 1. The molecule has 1 fully saturated rings. The molecule has 0 aliphatic carbocycles. The number of hydrogen-bond donors (Lipinski definition) is 2. The maximum absolute atomic E-state index is 12.5. The van der Waals surface area contributed by atoms with E-state index in [0.717, 1.165) is 19.3 Å². The molecule has 1 aliphatic heterocycles. The maximum atomic E-state index is 12.5. The predicted molar refractivity (Wildman–Crippen MR) is 108 cm³/mol. The third kappa shape index (κ3) is 6.64. The molecule has 3 N–H and O–H groups in total. The van der Waals surface area contributed by atoms with Gasteiger partial charge in [0.1, 0.15) is 5.75 Å². The van der Waals surface area contributed by atoms with E-state index >= 15 is 0 Å². The number of nitrogens with zero attached hydrogens (tertiary/aromatic N) is 1. The molecule has 0 bridgehead atoms. The molecule has 2 atom stereocenters. The van der Waals surface area contributed by atoms with Crippen molar-refractivity contribution in [2.24, 2.45) is 5.73 Å². The Balaban J connectivity index is 0.00000364. The van der Waals surface area contributed by atoms with Crippen LogP contribution in [0.3, 0.4) is 0 Å².